The van der Waals surface area contributed by atoms with E-state index in [9.17, 15) is 14.0 Å². The van der Waals surface area contributed by atoms with Gasteiger partial charge in [-0.15, -0.1) is 0 Å². The molecule has 6 nitrogen and oxygen atoms in total. The third kappa shape index (κ3) is 2.76. The molecule has 0 fully saturated rings. The largest absolute Gasteiger partial charge is 0.475 e. The van der Waals surface area contributed by atoms with Crippen LogP contribution in [-0.2, 0) is 0 Å². The van der Waals surface area contributed by atoms with E-state index in [-0.39, 0.29) is 11.4 Å². The summed E-state index contributed by atoms with van der Waals surface area (Å²) in [5.41, 5.74) is 0.499. The number of nitrogens with one attached hydrogen (secondary N) is 1. The fraction of sp³-hybridized carbons (Fsp3) is 0.0833. The van der Waals surface area contributed by atoms with Crippen LogP contribution in [0.15, 0.2) is 28.8 Å². The summed E-state index contributed by atoms with van der Waals surface area (Å²) in [6.45, 7) is 1.59. The van der Waals surface area contributed by atoms with Crippen molar-refractivity contribution in [2.45, 2.75) is 6.92 Å². The molecular formula is C12H9FN2O4. The molecule has 0 aliphatic heterocycles. The maximum absolute atomic E-state index is 13.3. The normalized spacial score (nSPS) is 10.2. The molecule has 1 aromatic carbocycles. The number of aryl methyl sites for hydroxylation is 1. The Balaban J connectivity index is 2.15. The average molecular weight is 264 g/mol. The average Bonchev–Trinajstić information content (AvgIpc) is 2.83. The molecule has 1 heterocycles. The molecule has 0 unspecified atom stereocenters. The molecule has 1 amide bonds. The molecule has 0 saturated carbocycles. The van der Waals surface area contributed by atoms with Crippen LogP contribution in [0.4, 0.5) is 10.1 Å². The Morgan fingerprint density at radius 2 is 2.11 bits per heavy atom. The summed E-state index contributed by atoms with van der Waals surface area (Å²) < 4.78 is 17.7. The predicted molar refractivity (Wildman–Crippen MR) is 62.6 cm³/mol. The minimum atomic E-state index is -1.33. The molecule has 0 saturated heterocycles. The number of rotatable bonds is 3. The third-order valence-corrected chi connectivity index (χ3v) is 2.38. The van der Waals surface area contributed by atoms with E-state index in [1.165, 1.54) is 12.1 Å². The molecule has 98 valence electrons. The Labute approximate surface area is 106 Å². The molecule has 2 aromatic rings. The number of aromatic nitrogens is 1. The van der Waals surface area contributed by atoms with Gasteiger partial charge in [-0.25, -0.2) is 9.18 Å². The van der Waals surface area contributed by atoms with Gasteiger partial charge in [0.1, 0.15) is 5.82 Å². The van der Waals surface area contributed by atoms with Crippen molar-refractivity contribution in [1.82, 2.24) is 5.16 Å². The highest BCUT2D eigenvalue weighted by atomic mass is 19.1. The standard InChI is InChI=1S/C12H9FN2O4/c1-6-2-3-7(4-8(6)13)14-11(16)9-5-10(12(17)18)19-15-9/h2-5H,1H3,(H,14,16)(H,17,18). The van der Waals surface area contributed by atoms with E-state index in [0.29, 0.717) is 5.56 Å². The Bertz CT molecular complexity index is 651. The van der Waals surface area contributed by atoms with Gasteiger partial charge in [-0.1, -0.05) is 11.2 Å². The number of benzene rings is 1. The molecular weight excluding hydrogens is 255 g/mol. The van der Waals surface area contributed by atoms with Crippen molar-refractivity contribution < 1.29 is 23.6 Å². The van der Waals surface area contributed by atoms with Crippen molar-refractivity contribution >= 4 is 17.6 Å². The lowest BCUT2D eigenvalue weighted by molar-refractivity contribution is 0.0651. The van der Waals surface area contributed by atoms with Crippen molar-refractivity contribution in [3.8, 4) is 0 Å². The van der Waals surface area contributed by atoms with E-state index in [1.54, 1.807) is 6.92 Å². The lowest BCUT2D eigenvalue weighted by Gasteiger charge is -2.03. The molecule has 0 bridgehead atoms. The zero-order valence-corrected chi connectivity index (χ0v) is 9.81. The van der Waals surface area contributed by atoms with Crippen LogP contribution in [0.25, 0.3) is 0 Å². The van der Waals surface area contributed by atoms with Gasteiger partial charge in [0.25, 0.3) is 5.91 Å². The summed E-state index contributed by atoms with van der Waals surface area (Å²) in [4.78, 5) is 22.3. The van der Waals surface area contributed by atoms with Crippen molar-refractivity contribution in [2.24, 2.45) is 0 Å². The summed E-state index contributed by atoms with van der Waals surface area (Å²) >= 11 is 0. The van der Waals surface area contributed by atoms with Gasteiger partial charge in [0.2, 0.25) is 5.76 Å². The number of hydrogen-bond acceptors (Lipinski definition) is 4. The van der Waals surface area contributed by atoms with Crippen LogP contribution < -0.4 is 5.32 Å². The zero-order chi connectivity index (χ0) is 14.0. The monoisotopic (exact) mass is 264 g/mol. The number of nitrogens with zero attached hydrogens (tertiary/aromatic N) is 1. The molecule has 7 heteroatoms. The first-order valence-electron chi connectivity index (χ1n) is 5.25. The van der Waals surface area contributed by atoms with Crippen molar-refractivity contribution in [3.05, 3.63) is 47.1 Å². The predicted octanol–water partition coefficient (Wildman–Crippen LogP) is 2.07. The summed E-state index contributed by atoms with van der Waals surface area (Å²) in [6.07, 6.45) is 0. The number of aromatic carboxylic acids is 1. The smallest absolute Gasteiger partial charge is 0.374 e. The number of anilines is 1. The molecule has 1 aromatic heterocycles. The Kier molecular flexibility index (Phi) is 3.28. The van der Waals surface area contributed by atoms with Gasteiger partial charge in [0, 0.05) is 11.8 Å². The van der Waals surface area contributed by atoms with Crippen LogP contribution in [0.2, 0.25) is 0 Å². The van der Waals surface area contributed by atoms with E-state index < -0.39 is 23.5 Å². The fourth-order valence-electron chi connectivity index (χ4n) is 1.35. The number of carbonyl (C=O) groups excluding carboxylic acids is 1. The Hall–Kier alpha value is -2.70. The minimum absolute atomic E-state index is 0.196. The molecule has 2 N–H and O–H groups in total. The second-order valence-corrected chi connectivity index (χ2v) is 3.80. The number of carboxylic acids is 1. The van der Waals surface area contributed by atoms with Gasteiger partial charge >= 0.3 is 5.97 Å². The summed E-state index contributed by atoms with van der Waals surface area (Å²) in [5, 5.41) is 14.3. The molecule has 0 aliphatic rings. The number of amides is 1. The summed E-state index contributed by atoms with van der Waals surface area (Å²) in [6, 6.07) is 5.18. The van der Waals surface area contributed by atoms with Crippen LogP contribution in [0.5, 0.6) is 0 Å². The minimum Gasteiger partial charge on any atom is -0.475 e. The van der Waals surface area contributed by atoms with Gasteiger partial charge < -0.3 is 14.9 Å². The van der Waals surface area contributed by atoms with E-state index >= 15 is 0 Å². The number of carbonyl (C=O) groups is 2. The van der Waals surface area contributed by atoms with E-state index in [4.69, 9.17) is 5.11 Å². The Morgan fingerprint density at radius 3 is 2.68 bits per heavy atom. The Morgan fingerprint density at radius 1 is 1.37 bits per heavy atom. The van der Waals surface area contributed by atoms with Crippen molar-refractivity contribution in [1.29, 1.82) is 0 Å². The lowest BCUT2D eigenvalue weighted by Crippen LogP contribution is -2.12. The molecule has 19 heavy (non-hydrogen) atoms. The maximum atomic E-state index is 13.3. The van der Waals surface area contributed by atoms with Crippen LogP contribution >= 0.6 is 0 Å². The first-order chi connectivity index (χ1) is 8.97. The van der Waals surface area contributed by atoms with Crippen molar-refractivity contribution in [3.63, 3.8) is 0 Å². The highest BCUT2D eigenvalue weighted by Crippen LogP contribution is 2.14. The van der Waals surface area contributed by atoms with Crippen molar-refractivity contribution in [2.75, 3.05) is 5.32 Å². The number of halogens is 1. The van der Waals surface area contributed by atoms with E-state index in [2.05, 4.69) is 15.0 Å². The maximum Gasteiger partial charge on any atom is 0.374 e. The fourth-order valence-corrected chi connectivity index (χ4v) is 1.35. The second kappa shape index (κ2) is 4.89. The third-order valence-electron chi connectivity index (χ3n) is 2.38. The molecule has 2 rings (SSSR count). The highest BCUT2D eigenvalue weighted by molar-refractivity contribution is 6.03. The van der Waals surface area contributed by atoms with Crippen LogP contribution in [0, 0.1) is 12.7 Å². The van der Waals surface area contributed by atoms with Gasteiger partial charge in [-0.05, 0) is 24.6 Å². The molecule has 0 spiro atoms. The lowest BCUT2D eigenvalue weighted by atomic mass is 10.2. The van der Waals surface area contributed by atoms with Gasteiger partial charge in [-0.3, -0.25) is 4.79 Å². The topological polar surface area (TPSA) is 92.4 Å². The van der Waals surface area contributed by atoms with E-state index in [0.717, 1.165) is 12.1 Å². The highest BCUT2D eigenvalue weighted by Gasteiger charge is 2.16. The molecule has 0 atom stereocenters. The number of carboxylic acid groups (broad SMARTS) is 1. The number of hydrogen-bond donors (Lipinski definition) is 2. The molecule has 0 aliphatic carbocycles. The molecule has 0 radical (unpaired) electrons. The zero-order valence-electron chi connectivity index (χ0n) is 9.81. The van der Waals surface area contributed by atoms with Crippen LogP contribution in [0.1, 0.15) is 26.6 Å². The van der Waals surface area contributed by atoms with Gasteiger partial charge in [-0.2, -0.15) is 0 Å². The van der Waals surface area contributed by atoms with Gasteiger partial charge in [0.15, 0.2) is 5.69 Å². The first kappa shape index (κ1) is 12.7. The second-order valence-electron chi connectivity index (χ2n) is 3.80. The van der Waals surface area contributed by atoms with Gasteiger partial charge in [0.05, 0.1) is 0 Å². The quantitative estimate of drug-likeness (QED) is 0.885. The summed E-state index contributed by atoms with van der Waals surface area (Å²) in [7, 11) is 0. The van der Waals surface area contributed by atoms with Crippen LogP contribution in [0.3, 0.4) is 0 Å². The van der Waals surface area contributed by atoms with E-state index in [1.807, 2.05) is 0 Å². The van der Waals surface area contributed by atoms with Crippen LogP contribution in [-0.4, -0.2) is 22.1 Å². The first-order valence-corrected chi connectivity index (χ1v) is 5.25. The SMILES string of the molecule is Cc1ccc(NC(=O)c2cc(C(=O)O)on2)cc1F. The summed E-state index contributed by atoms with van der Waals surface area (Å²) in [5.74, 6) is -2.91.